The molecule has 0 aromatic heterocycles. The Morgan fingerprint density at radius 3 is 2.35 bits per heavy atom. The molecule has 1 fully saturated rings. The number of halogens is 1. The largest absolute Gasteiger partial charge is 0.375 e. The zero-order valence-corrected chi connectivity index (χ0v) is 12.4. The van der Waals surface area contributed by atoms with Crippen LogP contribution in [0.3, 0.4) is 0 Å². The van der Waals surface area contributed by atoms with Crippen molar-refractivity contribution in [1.29, 1.82) is 0 Å². The van der Waals surface area contributed by atoms with Crippen molar-refractivity contribution in [2.45, 2.75) is 58.5 Å². The predicted octanol–water partition coefficient (Wildman–Crippen LogP) is 3.58. The Balaban J connectivity index is 2.15. The molecule has 1 rings (SSSR count). The molecule has 1 aliphatic rings. The Labute approximate surface area is 111 Å². The molecule has 0 aromatic carbocycles. The summed E-state index contributed by atoms with van der Waals surface area (Å²) >= 11 is 6.15. The van der Waals surface area contributed by atoms with Gasteiger partial charge in [-0.3, -0.25) is 0 Å². The Morgan fingerprint density at radius 2 is 1.82 bits per heavy atom. The summed E-state index contributed by atoms with van der Waals surface area (Å²) < 4.78 is 5.69. The molecule has 1 saturated carbocycles. The molecule has 17 heavy (non-hydrogen) atoms. The highest BCUT2D eigenvalue weighted by atomic mass is 35.5. The van der Waals surface area contributed by atoms with Crippen molar-refractivity contribution in [2.75, 3.05) is 25.6 Å². The average molecular weight is 262 g/mol. The Kier molecular flexibility index (Phi) is 6.25. The van der Waals surface area contributed by atoms with Gasteiger partial charge in [-0.15, -0.1) is 11.6 Å². The fourth-order valence-corrected chi connectivity index (χ4v) is 2.80. The van der Waals surface area contributed by atoms with Crippen molar-refractivity contribution in [1.82, 2.24) is 5.32 Å². The maximum Gasteiger partial charge on any atom is 0.0599 e. The molecule has 0 heterocycles. The fourth-order valence-electron chi connectivity index (χ4n) is 2.44. The molecule has 0 spiro atoms. The molecule has 0 aliphatic heterocycles. The van der Waals surface area contributed by atoms with E-state index < -0.39 is 0 Å². The molecule has 0 atom stereocenters. The summed E-state index contributed by atoms with van der Waals surface area (Å²) in [6.45, 7) is 9.03. The van der Waals surface area contributed by atoms with E-state index in [1.807, 2.05) is 0 Å². The first-order chi connectivity index (χ1) is 7.97. The highest BCUT2D eigenvalue weighted by molar-refractivity contribution is 6.18. The van der Waals surface area contributed by atoms with Crippen LogP contribution in [0.4, 0.5) is 0 Å². The van der Waals surface area contributed by atoms with E-state index in [0.29, 0.717) is 5.41 Å². The number of hydrogen-bond donors (Lipinski definition) is 1. The van der Waals surface area contributed by atoms with E-state index in [2.05, 4.69) is 26.1 Å². The molecular weight excluding hydrogens is 234 g/mol. The third-order valence-electron chi connectivity index (χ3n) is 3.51. The number of rotatable bonds is 6. The highest BCUT2D eigenvalue weighted by Crippen LogP contribution is 2.36. The third kappa shape index (κ3) is 6.08. The Morgan fingerprint density at radius 1 is 1.18 bits per heavy atom. The zero-order chi connectivity index (χ0) is 12.8. The van der Waals surface area contributed by atoms with Crippen LogP contribution in [0.2, 0.25) is 0 Å². The van der Waals surface area contributed by atoms with Gasteiger partial charge in [-0.05, 0) is 39.0 Å². The molecule has 3 heteroatoms. The van der Waals surface area contributed by atoms with Crippen LogP contribution in [0.1, 0.15) is 52.9 Å². The van der Waals surface area contributed by atoms with Gasteiger partial charge in [0.15, 0.2) is 0 Å². The van der Waals surface area contributed by atoms with Gasteiger partial charge in [0.25, 0.3) is 0 Å². The van der Waals surface area contributed by atoms with E-state index in [1.54, 1.807) is 0 Å². The van der Waals surface area contributed by atoms with Crippen LogP contribution < -0.4 is 5.32 Å². The van der Waals surface area contributed by atoms with Gasteiger partial charge in [0.2, 0.25) is 0 Å². The Bertz CT molecular complexity index is 207. The number of ether oxygens (including phenoxy) is 1. The highest BCUT2D eigenvalue weighted by Gasteiger charge is 2.30. The lowest BCUT2D eigenvalue weighted by atomic mass is 9.75. The molecule has 2 nitrogen and oxygen atoms in total. The monoisotopic (exact) mass is 261 g/mol. The standard InChI is InChI=1S/C14H28ClNO/c1-13(2,3)17-10-9-16-12-14(11-15)7-5-4-6-8-14/h16H,4-12H2,1-3H3. The van der Waals surface area contributed by atoms with E-state index in [-0.39, 0.29) is 5.60 Å². The lowest BCUT2D eigenvalue weighted by molar-refractivity contribution is -0.00170. The predicted molar refractivity (Wildman–Crippen MR) is 74.8 cm³/mol. The minimum atomic E-state index is -0.0311. The van der Waals surface area contributed by atoms with E-state index in [4.69, 9.17) is 16.3 Å². The first-order valence-corrected chi connectivity index (χ1v) is 7.42. The van der Waals surface area contributed by atoms with E-state index >= 15 is 0 Å². The summed E-state index contributed by atoms with van der Waals surface area (Å²) in [4.78, 5) is 0. The van der Waals surface area contributed by atoms with Crippen LogP contribution in [0.5, 0.6) is 0 Å². The molecule has 0 radical (unpaired) electrons. The molecule has 0 amide bonds. The van der Waals surface area contributed by atoms with Gasteiger partial charge in [0.05, 0.1) is 12.2 Å². The molecule has 0 aromatic rings. The van der Waals surface area contributed by atoms with Gasteiger partial charge >= 0.3 is 0 Å². The van der Waals surface area contributed by atoms with Gasteiger partial charge in [0.1, 0.15) is 0 Å². The lowest BCUT2D eigenvalue weighted by Gasteiger charge is -2.36. The number of alkyl halides is 1. The van der Waals surface area contributed by atoms with Gasteiger partial charge in [0, 0.05) is 19.0 Å². The van der Waals surface area contributed by atoms with Crippen LogP contribution >= 0.6 is 11.6 Å². The first-order valence-electron chi connectivity index (χ1n) is 6.88. The lowest BCUT2D eigenvalue weighted by Crippen LogP contribution is -2.39. The minimum Gasteiger partial charge on any atom is -0.375 e. The van der Waals surface area contributed by atoms with E-state index in [1.165, 1.54) is 32.1 Å². The van der Waals surface area contributed by atoms with Crippen molar-refractivity contribution >= 4 is 11.6 Å². The summed E-state index contributed by atoms with van der Waals surface area (Å²) in [5.74, 6) is 0.792. The summed E-state index contributed by atoms with van der Waals surface area (Å²) in [7, 11) is 0. The smallest absolute Gasteiger partial charge is 0.0599 e. The third-order valence-corrected chi connectivity index (χ3v) is 4.08. The van der Waals surface area contributed by atoms with Crippen LogP contribution in [-0.4, -0.2) is 31.2 Å². The van der Waals surface area contributed by atoms with Crippen molar-refractivity contribution in [3.05, 3.63) is 0 Å². The van der Waals surface area contributed by atoms with Crippen molar-refractivity contribution in [2.24, 2.45) is 5.41 Å². The van der Waals surface area contributed by atoms with Crippen LogP contribution in [0.15, 0.2) is 0 Å². The summed E-state index contributed by atoms with van der Waals surface area (Å²) in [6, 6.07) is 0. The summed E-state index contributed by atoms with van der Waals surface area (Å²) in [6.07, 6.45) is 6.62. The molecule has 0 unspecified atom stereocenters. The molecule has 1 aliphatic carbocycles. The van der Waals surface area contributed by atoms with Crippen LogP contribution in [0, 0.1) is 5.41 Å². The molecular formula is C14H28ClNO. The van der Waals surface area contributed by atoms with Crippen LogP contribution in [0.25, 0.3) is 0 Å². The molecule has 102 valence electrons. The van der Waals surface area contributed by atoms with E-state index in [9.17, 15) is 0 Å². The Hall–Kier alpha value is 0.210. The normalized spacial score (nSPS) is 20.5. The fraction of sp³-hybridized carbons (Fsp3) is 1.00. The summed E-state index contributed by atoms with van der Waals surface area (Å²) in [5.41, 5.74) is 0.318. The molecule has 0 saturated heterocycles. The quantitative estimate of drug-likeness (QED) is 0.583. The van der Waals surface area contributed by atoms with Crippen molar-refractivity contribution < 1.29 is 4.74 Å². The van der Waals surface area contributed by atoms with E-state index in [0.717, 1.165) is 25.6 Å². The van der Waals surface area contributed by atoms with Crippen molar-refractivity contribution in [3.8, 4) is 0 Å². The second-order valence-electron chi connectivity index (χ2n) is 6.33. The zero-order valence-electron chi connectivity index (χ0n) is 11.7. The van der Waals surface area contributed by atoms with Gasteiger partial charge < -0.3 is 10.1 Å². The number of nitrogens with one attached hydrogen (secondary N) is 1. The minimum absolute atomic E-state index is 0.0311. The van der Waals surface area contributed by atoms with Crippen molar-refractivity contribution in [3.63, 3.8) is 0 Å². The second-order valence-corrected chi connectivity index (χ2v) is 6.60. The number of hydrogen-bond acceptors (Lipinski definition) is 2. The van der Waals surface area contributed by atoms with Gasteiger partial charge in [-0.2, -0.15) is 0 Å². The van der Waals surface area contributed by atoms with Gasteiger partial charge in [-0.1, -0.05) is 19.3 Å². The molecule has 1 N–H and O–H groups in total. The maximum atomic E-state index is 6.15. The molecule has 0 bridgehead atoms. The summed E-state index contributed by atoms with van der Waals surface area (Å²) in [5, 5.41) is 3.51. The SMILES string of the molecule is CC(C)(C)OCCNCC1(CCl)CCCCC1. The van der Waals surface area contributed by atoms with Gasteiger partial charge in [-0.25, -0.2) is 0 Å². The topological polar surface area (TPSA) is 21.3 Å². The maximum absolute atomic E-state index is 6.15. The second kappa shape index (κ2) is 6.96. The average Bonchev–Trinajstić information content (AvgIpc) is 2.28. The van der Waals surface area contributed by atoms with Crippen LogP contribution in [-0.2, 0) is 4.74 Å². The first kappa shape index (κ1) is 15.3.